The first-order valence-corrected chi connectivity index (χ1v) is 5.83. The van der Waals surface area contributed by atoms with E-state index in [0.717, 1.165) is 16.0 Å². The lowest BCUT2D eigenvalue weighted by Gasteiger charge is -2.37. The topological polar surface area (TPSA) is 49.2 Å². The molecule has 2 aromatic rings. The Hall–Kier alpha value is -0.910. The van der Waals surface area contributed by atoms with Gasteiger partial charge in [0.05, 0.1) is 11.5 Å². The van der Waals surface area contributed by atoms with Crippen molar-refractivity contribution in [2.75, 3.05) is 18.0 Å². The fraction of sp³-hybridized carbons (Fsp3) is 0.333. The highest BCUT2D eigenvalue weighted by molar-refractivity contribution is 7.16. The number of anilines is 1. The van der Waals surface area contributed by atoms with Crippen molar-refractivity contribution in [2.45, 2.75) is 6.10 Å². The van der Waals surface area contributed by atoms with Crippen molar-refractivity contribution in [3.8, 4) is 0 Å². The van der Waals surface area contributed by atoms with Crippen LogP contribution in [-0.2, 0) is 0 Å². The molecular weight excluding hydrogens is 234 g/mol. The molecule has 3 heterocycles. The fourth-order valence-electron chi connectivity index (χ4n) is 1.68. The maximum Gasteiger partial charge on any atom is 0.225 e. The molecule has 0 aliphatic carbocycles. The van der Waals surface area contributed by atoms with E-state index in [1.807, 2.05) is 16.3 Å². The Balaban J connectivity index is 2.12. The molecule has 4 nitrogen and oxygen atoms in total. The lowest BCUT2D eigenvalue weighted by atomic mass is 10.1. The second kappa shape index (κ2) is 3.30. The minimum atomic E-state index is -0.243. The Kier molecular flexibility index (Phi) is 2.05. The number of β-amino-alcohol motifs (C(OH)–C–C–N with tert-alkyl or cyclic N) is 1. The van der Waals surface area contributed by atoms with Crippen LogP contribution in [-0.4, -0.2) is 34.3 Å². The first-order valence-electron chi connectivity index (χ1n) is 4.58. The highest BCUT2D eigenvalue weighted by atomic mass is 35.5. The van der Waals surface area contributed by atoms with Crippen molar-refractivity contribution < 1.29 is 5.11 Å². The molecule has 15 heavy (non-hydrogen) atoms. The molecule has 0 radical (unpaired) electrons. The van der Waals surface area contributed by atoms with E-state index < -0.39 is 0 Å². The van der Waals surface area contributed by atoms with Crippen LogP contribution in [0, 0.1) is 0 Å². The van der Waals surface area contributed by atoms with Crippen molar-refractivity contribution in [3.63, 3.8) is 0 Å². The highest BCUT2D eigenvalue weighted by Gasteiger charge is 2.27. The molecule has 0 aromatic carbocycles. The van der Waals surface area contributed by atoms with Gasteiger partial charge in [-0.3, -0.25) is 0 Å². The van der Waals surface area contributed by atoms with Crippen molar-refractivity contribution in [1.29, 1.82) is 0 Å². The highest BCUT2D eigenvalue weighted by Crippen LogP contribution is 2.31. The standard InChI is InChI=1S/C9H8ClN3OS/c10-9-11-7(13-3-5(14)4-13)6-1-2-15-8(6)12-9/h1-2,5,14H,3-4H2. The molecule has 1 saturated heterocycles. The van der Waals surface area contributed by atoms with E-state index in [1.165, 1.54) is 0 Å². The number of aliphatic hydroxyl groups excluding tert-OH is 1. The summed E-state index contributed by atoms with van der Waals surface area (Å²) in [5.74, 6) is 0.830. The summed E-state index contributed by atoms with van der Waals surface area (Å²) in [5, 5.41) is 12.5. The van der Waals surface area contributed by atoms with Crippen LogP contribution < -0.4 is 4.90 Å². The molecule has 1 fully saturated rings. The van der Waals surface area contributed by atoms with Gasteiger partial charge in [0.15, 0.2) is 0 Å². The molecule has 0 unspecified atom stereocenters. The van der Waals surface area contributed by atoms with Gasteiger partial charge in [0.25, 0.3) is 0 Å². The second-order valence-corrected chi connectivity index (χ2v) is 4.75. The Morgan fingerprint density at radius 3 is 3.00 bits per heavy atom. The molecule has 0 amide bonds. The molecule has 0 spiro atoms. The summed E-state index contributed by atoms with van der Waals surface area (Å²) in [5.41, 5.74) is 0. The van der Waals surface area contributed by atoms with E-state index in [0.29, 0.717) is 13.1 Å². The summed E-state index contributed by atoms with van der Waals surface area (Å²) in [7, 11) is 0. The van der Waals surface area contributed by atoms with Gasteiger partial charge in [0, 0.05) is 13.1 Å². The van der Waals surface area contributed by atoms with Gasteiger partial charge in [-0.1, -0.05) is 0 Å². The first kappa shape index (κ1) is 9.33. The van der Waals surface area contributed by atoms with E-state index in [1.54, 1.807) is 11.3 Å². The van der Waals surface area contributed by atoms with E-state index in [2.05, 4.69) is 9.97 Å². The van der Waals surface area contributed by atoms with Gasteiger partial charge in [-0.05, 0) is 23.0 Å². The maximum atomic E-state index is 9.26. The molecular formula is C9H8ClN3OS. The number of hydrogen-bond donors (Lipinski definition) is 1. The summed E-state index contributed by atoms with van der Waals surface area (Å²) in [6.07, 6.45) is -0.243. The number of aromatic nitrogens is 2. The van der Waals surface area contributed by atoms with Crippen LogP contribution in [0.5, 0.6) is 0 Å². The van der Waals surface area contributed by atoms with Gasteiger partial charge in [0.2, 0.25) is 5.28 Å². The van der Waals surface area contributed by atoms with Crippen molar-refractivity contribution in [2.24, 2.45) is 0 Å². The molecule has 0 bridgehead atoms. The van der Waals surface area contributed by atoms with Crippen LogP contribution in [0.4, 0.5) is 5.82 Å². The van der Waals surface area contributed by atoms with Crippen LogP contribution >= 0.6 is 22.9 Å². The van der Waals surface area contributed by atoms with Gasteiger partial charge in [-0.15, -0.1) is 11.3 Å². The van der Waals surface area contributed by atoms with Crippen molar-refractivity contribution in [3.05, 3.63) is 16.7 Å². The third kappa shape index (κ3) is 1.47. The van der Waals surface area contributed by atoms with Gasteiger partial charge in [-0.2, -0.15) is 4.98 Å². The van der Waals surface area contributed by atoms with Gasteiger partial charge in [0.1, 0.15) is 10.6 Å². The Bertz CT molecular complexity index is 509. The summed E-state index contributed by atoms with van der Waals surface area (Å²) in [6, 6.07) is 1.98. The molecule has 1 N–H and O–H groups in total. The van der Waals surface area contributed by atoms with Crippen LogP contribution in [0.2, 0.25) is 5.28 Å². The van der Waals surface area contributed by atoms with Gasteiger partial charge in [-0.25, -0.2) is 4.98 Å². The number of halogens is 1. The normalized spacial score (nSPS) is 17.1. The molecule has 1 aliphatic rings. The van der Waals surface area contributed by atoms with Crippen molar-refractivity contribution in [1.82, 2.24) is 9.97 Å². The predicted octanol–water partition coefficient (Wildman–Crippen LogP) is 1.53. The fourth-order valence-corrected chi connectivity index (χ4v) is 2.66. The minimum absolute atomic E-state index is 0.243. The predicted molar refractivity (Wildman–Crippen MR) is 60.6 cm³/mol. The van der Waals surface area contributed by atoms with Crippen LogP contribution in [0.1, 0.15) is 0 Å². The summed E-state index contributed by atoms with van der Waals surface area (Å²) in [4.78, 5) is 11.2. The molecule has 78 valence electrons. The zero-order chi connectivity index (χ0) is 10.4. The number of fused-ring (bicyclic) bond motifs is 1. The maximum absolute atomic E-state index is 9.26. The SMILES string of the molecule is OC1CN(c2nc(Cl)nc3sccc23)C1. The Morgan fingerprint density at radius 2 is 2.27 bits per heavy atom. The Labute approximate surface area is 95.1 Å². The van der Waals surface area contributed by atoms with Crippen LogP contribution in [0.25, 0.3) is 10.2 Å². The molecule has 0 saturated carbocycles. The molecule has 0 atom stereocenters. The zero-order valence-electron chi connectivity index (χ0n) is 7.72. The monoisotopic (exact) mass is 241 g/mol. The second-order valence-electron chi connectivity index (χ2n) is 3.51. The number of rotatable bonds is 1. The molecule has 1 aliphatic heterocycles. The number of nitrogens with zero attached hydrogens (tertiary/aromatic N) is 3. The minimum Gasteiger partial charge on any atom is -0.389 e. The largest absolute Gasteiger partial charge is 0.389 e. The number of aliphatic hydroxyl groups is 1. The summed E-state index contributed by atoms with van der Waals surface area (Å²) in [6.45, 7) is 1.25. The van der Waals surface area contributed by atoms with Crippen molar-refractivity contribution >= 4 is 39.0 Å². The summed E-state index contributed by atoms with van der Waals surface area (Å²) < 4.78 is 0. The van der Waals surface area contributed by atoms with E-state index >= 15 is 0 Å². The van der Waals surface area contributed by atoms with E-state index in [9.17, 15) is 5.11 Å². The third-order valence-electron chi connectivity index (χ3n) is 2.44. The lowest BCUT2D eigenvalue weighted by Crippen LogP contribution is -2.51. The van der Waals surface area contributed by atoms with Gasteiger partial charge < -0.3 is 10.0 Å². The van der Waals surface area contributed by atoms with Crippen LogP contribution in [0.15, 0.2) is 11.4 Å². The summed E-state index contributed by atoms with van der Waals surface area (Å²) >= 11 is 7.38. The average molecular weight is 242 g/mol. The quantitative estimate of drug-likeness (QED) is 0.770. The van der Waals surface area contributed by atoms with E-state index in [-0.39, 0.29) is 11.4 Å². The average Bonchev–Trinajstić information content (AvgIpc) is 2.59. The molecule has 6 heteroatoms. The molecule has 3 rings (SSSR count). The third-order valence-corrected chi connectivity index (χ3v) is 3.42. The van der Waals surface area contributed by atoms with E-state index in [4.69, 9.17) is 11.6 Å². The number of hydrogen-bond acceptors (Lipinski definition) is 5. The number of thiophene rings is 1. The van der Waals surface area contributed by atoms with Crippen LogP contribution in [0.3, 0.4) is 0 Å². The Morgan fingerprint density at radius 1 is 1.47 bits per heavy atom. The first-order chi connectivity index (χ1) is 7.24. The zero-order valence-corrected chi connectivity index (χ0v) is 9.29. The lowest BCUT2D eigenvalue weighted by molar-refractivity contribution is 0.141. The van der Waals surface area contributed by atoms with Gasteiger partial charge >= 0.3 is 0 Å². The smallest absolute Gasteiger partial charge is 0.225 e. The molecule has 2 aromatic heterocycles.